The van der Waals surface area contributed by atoms with Gasteiger partial charge in [-0.15, -0.1) is 11.3 Å². The van der Waals surface area contributed by atoms with E-state index in [1.165, 1.54) is 33.6 Å². The van der Waals surface area contributed by atoms with Gasteiger partial charge in [-0.3, -0.25) is 33.6 Å². The van der Waals surface area contributed by atoms with E-state index in [-0.39, 0.29) is 24.2 Å². The monoisotopic (exact) mass is 956 g/mol. The zero-order chi connectivity index (χ0) is 49.9. The second-order valence-electron chi connectivity index (χ2n) is 16.7. The molecule has 0 radical (unpaired) electrons. The molecule has 0 saturated heterocycles. The number of benzene rings is 2. The number of rotatable bonds is 20. The smallest absolute Gasteiger partial charge is 0.408 e. The van der Waals surface area contributed by atoms with Gasteiger partial charge >= 0.3 is 12.1 Å². The molecule has 0 spiro atoms. The second-order valence-corrected chi connectivity index (χ2v) is 17.6. The normalized spacial score (nSPS) is 12.9. The number of thiazole rings is 1. The summed E-state index contributed by atoms with van der Waals surface area (Å²) in [5.41, 5.74) is 1.68. The van der Waals surface area contributed by atoms with Crippen molar-refractivity contribution < 1.29 is 52.6 Å². The molecule has 0 aliphatic heterocycles. The number of aromatic amines is 2. The Kier molecular flexibility index (Phi) is 17.1. The topological polar surface area (TPSA) is 284 Å². The summed E-state index contributed by atoms with van der Waals surface area (Å²) in [5.74, 6) is -4.38. The van der Waals surface area contributed by atoms with E-state index < -0.39 is 90.4 Å². The number of carbonyl (C=O) groups excluding carboxylic acids is 8. The Morgan fingerprint density at radius 2 is 1.49 bits per heavy atom. The van der Waals surface area contributed by atoms with Crippen molar-refractivity contribution in [2.45, 2.75) is 77.2 Å². The van der Waals surface area contributed by atoms with Crippen LogP contribution in [-0.2, 0) is 51.1 Å². The average Bonchev–Trinajstić information content (AvgIpc) is 4.06. The molecule has 8 N–H and O–H groups in total. The van der Waals surface area contributed by atoms with Crippen LogP contribution in [0, 0.1) is 0 Å². The summed E-state index contributed by atoms with van der Waals surface area (Å²) in [4.78, 5) is 117. The van der Waals surface area contributed by atoms with Gasteiger partial charge in [0.05, 0.1) is 32.5 Å². The van der Waals surface area contributed by atoms with E-state index in [1.807, 2.05) is 30.3 Å². The fourth-order valence-electron chi connectivity index (χ4n) is 6.89. The maximum absolute atomic E-state index is 14.4. The van der Waals surface area contributed by atoms with E-state index in [9.17, 15) is 38.4 Å². The molecule has 4 atom stereocenters. The van der Waals surface area contributed by atoms with Gasteiger partial charge in [0.25, 0.3) is 11.8 Å². The maximum Gasteiger partial charge on any atom is 0.408 e. The summed E-state index contributed by atoms with van der Waals surface area (Å²) >= 11 is 1.07. The molecule has 0 aliphatic carbocycles. The third-order valence-corrected chi connectivity index (χ3v) is 11.3. The lowest BCUT2D eigenvalue weighted by atomic mass is 10.0. The summed E-state index contributed by atoms with van der Waals surface area (Å²) in [5, 5.41) is 18.8. The van der Waals surface area contributed by atoms with Crippen LogP contribution in [0.2, 0.25) is 0 Å². The van der Waals surface area contributed by atoms with Gasteiger partial charge in [-0.1, -0.05) is 30.8 Å². The van der Waals surface area contributed by atoms with Gasteiger partial charge < -0.3 is 61.0 Å². The highest BCUT2D eigenvalue weighted by Gasteiger charge is 2.31. The van der Waals surface area contributed by atoms with Gasteiger partial charge in [0.1, 0.15) is 46.7 Å². The van der Waals surface area contributed by atoms with Crippen molar-refractivity contribution in [2.75, 3.05) is 34.4 Å². The molecular weight excluding hydrogens is 901 g/mol. The van der Waals surface area contributed by atoms with Crippen molar-refractivity contribution in [1.29, 1.82) is 0 Å². The molecule has 21 nitrogen and oxygen atoms in total. The fraction of sp³-hybridized carbons (Fsp3) is 0.370. The molecule has 0 saturated carbocycles. The number of amides is 7. The molecule has 68 heavy (non-hydrogen) atoms. The molecule has 7 amide bonds. The van der Waals surface area contributed by atoms with E-state index >= 15 is 0 Å². The lowest BCUT2D eigenvalue weighted by Crippen LogP contribution is -2.55. The Labute approximate surface area is 395 Å². The standard InChI is InChI=1S/C46H56N10O11S/c1-24(52-45(64)67-46(4,5)6)39(59)51-26(3)44(63)56(7)22-36(57)50-25(2)43-55-34(23-68-43)42(62)54-33(17-27-19-47-30-14-11-10-13-29(27)30)41(61)53-32(40(60)49-21-37(58)66-9)18-28-20-48-31-15-12-16-35(65-8)38(28)31/h10-16,19-20,23-25,32-33,47-48H,3,17-18,21-22H2,1-2,4-9H3,(H,49,60)(H,50,57)(H,51,59)(H,52,64)(H,53,61)(H,54,62)/t24-,25-,32+,33+/m1/s1. The van der Waals surface area contributed by atoms with Crippen LogP contribution in [-0.4, -0.2) is 125 Å². The van der Waals surface area contributed by atoms with Gasteiger partial charge in [0.2, 0.25) is 23.6 Å². The number of alkyl carbamates (subject to hydrolysis) is 1. The van der Waals surface area contributed by atoms with Gasteiger partial charge in [0, 0.05) is 59.5 Å². The van der Waals surface area contributed by atoms with Crippen molar-refractivity contribution in [3.63, 3.8) is 0 Å². The van der Waals surface area contributed by atoms with Gasteiger partial charge in [0.15, 0.2) is 0 Å². The predicted molar refractivity (Wildman–Crippen MR) is 251 cm³/mol. The van der Waals surface area contributed by atoms with E-state index in [0.717, 1.165) is 32.7 Å². The molecule has 0 bridgehead atoms. The number of esters is 1. The van der Waals surface area contributed by atoms with Crippen LogP contribution < -0.4 is 36.6 Å². The number of likely N-dealkylation sites (N-methyl/N-ethyl adjacent to an activating group) is 1. The van der Waals surface area contributed by atoms with E-state index in [2.05, 4.69) is 53.4 Å². The summed E-state index contributed by atoms with van der Waals surface area (Å²) < 4.78 is 15.4. The highest BCUT2D eigenvalue weighted by atomic mass is 32.1. The molecule has 5 aromatic rings. The third kappa shape index (κ3) is 13.7. The van der Waals surface area contributed by atoms with Crippen LogP contribution in [0.3, 0.4) is 0 Å². The molecule has 5 rings (SSSR count). The first-order valence-electron chi connectivity index (χ1n) is 21.3. The Hall–Kier alpha value is -7.75. The Bertz CT molecular complexity index is 2700. The number of ether oxygens (including phenoxy) is 3. The van der Waals surface area contributed by atoms with Gasteiger partial charge in [-0.25, -0.2) is 9.78 Å². The first-order chi connectivity index (χ1) is 32.2. The molecule has 3 heterocycles. The Morgan fingerprint density at radius 3 is 2.19 bits per heavy atom. The van der Waals surface area contributed by atoms with Crippen LogP contribution in [0.15, 0.2) is 72.5 Å². The van der Waals surface area contributed by atoms with Crippen molar-refractivity contribution >= 4 is 80.6 Å². The first-order valence-corrected chi connectivity index (χ1v) is 22.2. The highest BCUT2D eigenvalue weighted by Crippen LogP contribution is 2.29. The summed E-state index contributed by atoms with van der Waals surface area (Å²) in [6.45, 7) is 10.7. The zero-order valence-corrected chi connectivity index (χ0v) is 39.7. The molecular formula is C46H56N10O11S. The molecule has 2 aromatic carbocycles. The lowest BCUT2D eigenvalue weighted by Gasteiger charge is -2.23. The molecule has 3 aromatic heterocycles. The van der Waals surface area contributed by atoms with Crippen molar-refractivity contribution in [3.05, 3.63) is 94.3 Å². The number of fused-ring (bicyclic) bond motifs is 2. The number of hydrogen-bond donors (Lipinski definition) is 8. The number of nitrogens with one attached hydrogen (secondary N) is 8. The second kappa shape index (κ2) is 22.6. The quantitative estimate of drug-likeness (QED) is 0.0413. The zero-order valence-electron chi connectivity index (χ0n) is 38.9. The minimum atomic E-state index is -1.26. The molecule has 22 heteroatoms. The van der Waals surface area contributed by atoms with Gasteiger partial charge in [-0.05, 0) is 63.9 Å². The van der Waals surface area contributed by atoms with Crippen LogP contribution in [0.1, 0.15) is 67.3 Å². The average molecular weight is 957 g/mol. The predicted octanol–water partition coefficient (Wildman–Crippen LogP) is 2.65. The summed E-state index contributed by atoms with van der Waals surface area (Å²) in [6.07, 6.45) is 2.56. The van der Waals surface area contributed by atoms with E-state index in [4.69, 9.17) is 14.2 Å². The number of para-hydroxylation sites is 1. The largest absolute Gasteiger partial charge is 0.496 e. The van der Waals surface area contributed by atoms with Crippen LogP contribution in [0.25, 0.3) is 21.8 Å². The lowest BCUT2D eigenvalue weighted by molar-refractivity contribution is -0.141. The summed E-state index contributed by atoms with van der Waals surface area (Å²) in [7, 11) is 4.03. The molecule has 0 aliphatic rings. The van der Waals surface area contributed by atoms with Gasteiger partial charge in [-0.2, -0.15) is 0 Å². The highest BCUT2D eigenvalue weighted by molar-refractivity contribution is 7.09. The molecule has 0 fully saturated rings. The number of H-pyrrole nitrogens is 2. The van der Waals surface area contributed by atoms with E-state index in [1.54, 1.807) is 52.2 Å². The number of nitrogens with zero attached hydrogens (tertiary/aromatic N) is 2. The minimum absolute atomic E-state index is 0.00716. The Balaban J connectivity index is 1.27. The van der Waals surface area contributed by atoms with E-state index in [0.29, 0.717) is 27.3 Å². The maximum atomic E-state index is 14.4. The van der Waals surface area contributed by atoms with Crippen LogP contribution in [0.4, 0.5) is 4.79 Å². The van der Waals surface area contributed by atoms with Crippen LogP contribution >= 0.6 is 11.3 Å². The summed E-state index contributed by atoms with van der Waals surface area (Å²) in [6, 6.07) is 8.51. The fourth-order valence-corrected chi connectivity index (χ4v) is 7.69. The van der Waals surface area contributed by atoms with Crippen molar-refractivity contribution in [2.24, 2.45) is 0 Å². The van der Waals surface area contributed by atoms with Crippen molar-refractivity contribution in [3.8, 4) is 5.75 Å². The number of aromatic nitrogens is 3. The number of carbonyl (C=O) groups is 8. The first kappa shape index (κ1) is 51.2. The minimum Gasteiger partial charge on any atom is -0.496 e. The molecule has 362 valence electrons. The third-order valence-electron chi connectivity index (χ3n) is 10.3. The van der Waals surface area contributed by atoms with Crippen LogP contribution in [0.5, 0.6) is 5.75 Å². The van der Waals surface area contributed by atoms with Crippen molar-refractivity contribution in [1.82, 2.24) is 51.8 Å². The number of hydrogen-bond acceptors (Lipinski definition) is 13. The number of methoxy groups -OCH3 is 2. The SMILES string of the molecule is C=C(NC(=O)[C@@H](C)NC(=O)OC(C)(C)C)C(=O)N(C)CC(=O)N[C@H](C)c1nc(C(=O)N[C@@H](Cc2c[nH]c3ccccc23)C(=O)N[C@@H](Cc2c[nH]c3cccc(OC)c23)C(=O)NCC(=O)OC)cs1. The molecule has 0 unspecified atom stereocenters. The Morgan fingerprint density at radius 1 is 0.824 bits per heavy atom.